The Morgan fingerprint density at radius 3 is 2.27 bits per heavy atom. The third-order valence-corrected chi connectivity index (χ3v) is 5.61. The molecule has 5 heteroatoms. The van der Waals surface area contributed by atoms with Gasteiger partial charge in [-0.25, -0.2) is 0 Å². The molecule has 1 N–H and O–H groups in total. The summed E-state index contributed by atoms with van der Waals surface area (Å²) in [6.45, 7) is 3.23. The number of nitrogens with one attached hydrogen (secondary N) is 1. The second kappa shape index (κ2) is 9.09. The van der Waals surface area contributed by atoms with E-state index in [4.69, 9.17) is 4.74 Å². The van der Waals surface area contributed by atoms with Gasteiger partial charge in [-0.1, -0.05) is 60.7 Å². The van der Waals surface area contributed by atoms with Crippen LogP contribution in [0, 0.1) is 6.92 Å². The summed E-state index contributed by atoms with van der Waals surface area (Å²) in [4.78, 5) is 29.6. The molecular formula is C25H26N2O3. The number of benzene rings is 2. The lowest BCUT2D eigenvalue weighted by Gasteiger charge is -2.35. The van der Waals surface area contributed by atoms with Gasteiger partial charge in [0.05, 0.1) is 12.7 Å². The maximum atomic E-state index is 13.0. The van der Waals surface area contributed by atoms with Gasteiger partial charge in [-0.2, -0.15) is 0 Å². The number of carbonyl (C=O) groups is 1. The van der Waals surface area contributed by atoms with Crippen molar-refractivity contribution in [2.45, 2.75) is 25.4 Å². The molecule has 0 saturated carbocycles. The first-order chi connectivity index (χ1) is 14.6. The van der Waals surface area contributed by atoms with Crippen molar-refractivity contribution < 1.29 is 9.53 Å². The summed E-state index contributed by atoms with van der Waals surface area (Å²) in [5, 5.41) is 0. The number of hydrogen-bond donors (Lipinski definition) is 1. The summed E-state index contributed by atoms with van der Waals surface area (Å²) in [7, 11) is 0. The van der Waals surface area contributed by atoms with Gasteiger partial charge in [0.25, 0.3) is 11.5 Å². The molecule has 1 atom stereocenters. The summed E-state index contributed by atoms with van der Waals surface area (Å²) >= 11 is 0. The van der Waals surface area contributed by atoms with Crippen LogP contribution in [0.15, 0.2) is 77.6 Å². The number of ether oxygens (including phenoxy) is 1. The Balaban J connectivity index is 1.53. The van der Waals surface area contributed by atoms with Gasteiger partial charge >= 0.3 is 0 Å². The molecule has 1 unspecified atom stereocenters. The number of pyridine rings is 1. The molecule has 1 aliphatic rings. The molecule has 5 nitrogen and oxygen atoms in total. The fourth-order valence-corrected chi connectivity index (χ4v) is 4.06. The van der Waals surface area contributed by atoms with Crippen molar-refractivity contribution >= 4 is 5.91 Å². The number of aromatic nitrogens is 1. The van der Waals surface area contributed by atoms with E-state index in [0.29, 0.717) is 19.7 Å². The van der Waals surface area contributed by atoms with Gasteiger partial charge in [0.2, 0.25) is 0 Å². The molecule has 2 aromatic carbocycles. The molecule has 2 heterocycles. The van der Waals surface area contributed by atoms with Crippen molar-refractivity contribution in [1.82, 2.24) is 9.88 Å². The molecule has 1 aliphatic heterocycles. The Bertz CT molecular complexity index is 1010. The SMILES string of the molecule is Cc1ccc(C(=O)N2CCOC(CC(c3ccccc3)c3ccccc3)C2)c(=O)[nH]1. The van der Waals surface area contributed by atoms with Crippen LogP contribution in [0.25, 0.3) is 0 Å². The van der Waals surface area contributed by atoms with Crippen LogP contribution < -0.4 is 5.56 Å². The molecule has 0 bridgehead atoms. The molecule has 1 saturated heterocycles. The number of rotatable bonds is 5. The zero-order valence-corrected chi connectivity index (χ0v) is 17.1. The molecule has 4 rings (SSSR count). The first-order valence-electron chi connectivity index (χ1n) is 10.3. The number of nitrogens with zero attached hydrogens (tertiary/aromatic N) is 1. The monoisotopic (exact) mass is 402 g/mol. The Morgan fingerprint density at radius 2 is 1.67 bits per heavy atom. The van der Waals surface area contributed by atoms with Gasteiger partial charge in [0.1, 0.15) is 5.56 Å². The molecular weight excluding hydrogens is 376 g/mol. The largest absolute Gasteiger partial charge is 0.375 e. The Labute approximate surface area is 176 Å². The van der Waals surface area contributed by atoms with Crippen molar-refractivity contribution in [3.8, 4) is 0 Å². The highest BCUT2D eigenvalue weighted by Crippen LogP contribution is 2.31. The first kappa shape index (κ1) is 20.1. The van der Waals surface area contributed by atoms with E-state index in [9.17, 15) is 9.59 Å². The molecule has 1 fully saturated rings. The first-order valence-corrected chi connectivity index (χ1v) is 10.3. The van der Waals surface area contributed by atoms with Crippen molar-refractivity contribution in [2.24, 2.45) is 0 Å². The lowest BCUT2D eigenvalue weighted by molar-refractivity contribution is -0.0264. The highest BCUT2D eigenvalue weighted by atomic mass is 16.5. The van der Waals surface area contributed by atoms with Gasteiger partial charge < -0.3 is 14.6 Å². The van der Waals surface area contributed by atoms with E-state index >= 15 is 0 Å². The number of carbonyl (C=O) groups excluding carboxylic acids is 1. The topological polar surface area (TPSA) is 62.4 Å². The minimum Gasteiger partial charge on any atom is -0.375 e. The number of aromatic amines is 1. The second-order valence-electron chi connectivity index (χ2n) is 7.74. The van der Waals surface area contributed by atoms with Crippen LogP contribution in [0.3, 0.4) is 0 Å². The van der Waals surface area contributed by atoms with Crippen LogP contribution >= 0.6 is 0 Å². The van der Waals surface area contributed by atoms with E-state index in [1.165, 1.54) is 11.1 Å². The fourth-order valence-electron chi connectivity index (χ4n) is 4.06. The maximum absolute atomic E-state index is 13.0. The predicted octanol–water partition coefficient (Wildman–Crippen LogP) is 3.75. The zero-order chi connectivity index (χ0) is 20.9. The van der Waals surface area contributed by atoms with E-state index in [0.717, 1.165) is 12.1 Å². The van der Waals surface area contributed by atoms with Crippen molar-refractivity contribution in [2.75, 3.05) is 19.7 Å². The van der Waals surface area contributed by atoms with E-state index in [1.54, 1.807) is 24.0 Å². The molecule has 3 aromatic rings. The highest BCUT2D eigenvalue weighted by Gasteiger charge is 2.29. The quantitative estimate of drug-likeness (QED) is 0.707. The van der Waals surface area contributed by atoms with Crippen LogP contribution in [-0.4, -0.2) is 41.6 Å². The van der Waals surface area contributed by atoms with Gasteiger partial charge in [-0.3, -0.25) is 9.59 Å². The van der Waals surface area contributed by atoms with Crippen molar-refractivity contribution in [3.63, 3.8) is 0 Å². The van der Waals surface area contributed by atoms with E-state index in [1.807, 2.05) is 36.4 Å². The van der Waals surface area contributed by atoms with Crippen LogP contribution in [0.5, 0.6) is 0 Å². The normalized spacial score (nSPS) is 16.6. The lowest BCUT2D eigenvalue weighted by Crippen LogP contribution is -2.47. The zero-order valence-electron chi connectivity index (χ0n) is 17.1. The standard InChI is InChI=1S/C25H26N2O3/c1-18-12-13-22(24(28)26-18)25(29)27-14-15-30-21(17-27)16-23(19-8-4-2-5-9-19)20-10-6-3-7-11-20/h2-13,21,23H,14-17H2,1H3,(H,26,28). The Morgan fingerprint density at radius 1 is 1.03 bits per heavy atom. The van der Waals surface area contributed by atoms with E-state index < -0.39 is 0 Å². The summed E-state index contributed by atoms with van der Waals surface area (Å²) in [5.41, 5.74) is 3.04. The molecule has 0 spiro atoms. The van der Waals surface area contributed by atoms with Crippen LogP contribution in [0.2, 0.25) is 0 Å². The number of aryl methyl sites for hydroxylation is 1. The third-order valence-electron chi connectivity index (χ3n) is 5.61. The van der Waals surface area contributed by atoms with Gasteiger partial charge in [-0.05, 0) is 36.6 Å². The van der Waals surface area contributed by atoms with Crippen molar-refractivity contribution in [3.05, 3.63) is 106 Å². The molecule has 1 amide bonds. The second-order valence-corrected chi connectivity index (χ2v) is 7.74. The van der Waals surface area contributed by atoms with Gasteiger partial charge in [0, 0.05) is 24.7 Å². The Kier molecular flexibility index (Phi) is 6.10. The number of amides is 1. The summed E-state index contributed by atoms with van der Waals surface area (Å²) in [6, 6.07) is 24.1. The van der Waals surface area contributed by atoms with E-state index in [-0.39, 0.29) is 29.1 Å². The lowest BCUT2D eigenvalue weighted by atomic mass is 9.86. The van der Waals surface area contributed by atoms with Crippen LogP contribution in [0.1, 0.15) is 39.5 Å². The molecule has 30 heavy (non-hydrogen) atoms. The fraction of sp³-hybridized carbons (Fsp3) is 0.280. The molecule has 154 valence electrons. The molecule has 0 radical (unpaired) electrons. The van der Waals surface area contributed by atoms with Crippen LogP contribution in [0.4, 0.5) is 0 Å². The van der Waals surface area contributed by atoms with Gasteiger partial charge in [-0.15, -0.1) is 0 Å². The minimum absolute atomic E-state index is 0.0994. The summed E-state index contributed by atoms with van der Waals surface area (Å²) in [6.07, 6.45) is 0.667. The van der Waals surface area contributed by atoms with Gasteiger partial charge in [0.15, 0.2) is 0 Å². The highest BCUT2D eigenvalue weighted by molar-refractivity contribution is 5.93. The number of H-pyrrole nitrogens is 1. The number of hydrogen-bond acceptors (Lipinski definition) is 3. The van der Waals surface area contributed by atoms with Crippen LogP contribution in [-0.2, 0) is 4.74 Å². The third kappa shape index (κ3) is 4.52. The minimum atomic E-state index is -0.338. The Hall–Kier alpha value is -3.18. The maximum Gasteiger partial charge on any atom is 0.260 e. The summed E-state index contributed by atoms with van der Waals surface area (Å²) < 4.78 is 6.04. The number of morpholine rings is 1. The average Bonchev–Trinajstić information content (AvgIpc) is 2.78. The van der Waals surface area contributed by atoms with E-state index in [2.05, 4.69) is 29.2 Å². The predicted molar refractivity (Wildman–Crippen MR) is 117 cm³/mol. The van der Waals surface area contributed by atoms with Crippen molar-refractivity contribution in [1.29, 1.82) is 0 Å². The average molecular weight is 402 g/mol. The molecule has 1 aromatic heterocycles. The smallest absolute Gasteiger partial charge is 0.260 e. The molecule has 0 aliphatic carbocycles. The summed E-state index contributed by atoms with van der Waals surface area (Å²) in [5.74, 6) is -0.0595.